The number of para-hydroxylation sites is 1. The van der Waals surface area contributed by atoms with E-state index in [-0.39, 0.29) is 23.3 Å². The maximum atomic E-state index is 13.0. The first-order valence-electron chi connectivity index (χ1n) is 9.72. The summed E-state index contributed by atoms with van der Waals surface area (Å²) in [5, 5.41) is 23.7. The van der Waals surface area contributed by atoms with E-state index in [0.29, 0.717) is 27.2 Å². The van der Waals surface area contributed by atoms with Gasteiger partial charge in [0, 0.05) is 10.8 Å². The van der Waals surface area contributed by atoms with Gasteiger partial charge in [0.15, 0.2) is 0 Å². The Morgan fingerprint density at radius 1 is 0.839 bits per heavy atom. The highest BCUT2D eigenvalue weighted by molar-refractivity contribution is 6.06. The second kappa shape index (κ2) is 6.91. The van der Waals surface area contributed by atoms with Crippen molar-refractivity contribution in [2.45, 2.75) is 13.8 Å². The number of hydrogen-bond acceptors (Lipinski definition) is 3. The molecule has 31 heavy (non-hydrogen) atoms. The van der Waals surface area contributed by atoms with Crippen molar-refractivity contribution in [3.8, 4) is 17.4 Å². The summed E-state index contributed by atoms with van der Waals surface area (Å²) in [5.41, 5.74) is 2.68. The number of carbonyl (C=O) groups excluding carboxylic acids is 1. The average Bonchev–Trinajstić information content (AvgIpc) is 3.26. The molecular weight excluding hydrogens is 392 g/mol. The van der Waals surface area contributed by atoms with Crippen LogP contribution in [-0.4, -0.2) is 26.6 Å². The van der Waals surface area contributed by atoms with Crippen LogP contribution in [0.3, 0.4) is 0 Å². The van der Waals surface area contributed by atoms with E-state index in [0.717, 1.165) is 11.1 Å². The molecule has 1 aliphatic heterocycles. The highest BCUT2D eigenvalue weighted by Gasteiger charge is 2.21. The van der Waals surface area contributed by atoms with E-state index in [1.807, 2.05) is 26.0 Å². The lowest BCUT2D eigenvalue weighted by Crippen LogP contribution is -2.22. The lowest BCUT2D eigenvalue weighted by Gasteiger charge is -2.10. The van der Waals surface area contributed by atoms with E-state index in [4.69, 9.17) is 0 Å². The van der Waals surface area contributed by atoms with Crippen molar-refractivity contribution in [1.29, 1.82) is 0 Å². The zero-order chi connectivity index (χ0) is 21.7. The molecule has 1 aromatic heterocycles. The monoisotopic (exact) mass is 410 g/mol. The molecule has 0 bridgehead atoms. The minimum Gasteiger partial charge on any atom is -0.494 e. The number of amides is 1. The predicted molar refractivity (Wildman–Crippen MR) is 117 cm³/mol. The summed E-state index contributed by atoms with van der Waals surface area (Å²) in [7, 11) is 0. The Labute approximate surface area is 177 Å². The summed E-state index contributed by atoms with van der Waals surface area (Å²) in [5.74, 6) is -0.814. The molecule has 7 heteroatoms. The number of aliphatic imine (C=N–C) groups is 1. The maximum absolute atomic E-state index is 13.0. The molecule has 0 unspecified atom stereocenters. The first-order chi connectivity index (χ1) is 14.9. The van der Waals surface area contributed by atoms with Crippen LogP contribution in [0.1, 0.15) is 21.5 Å². The van der Waals surface area contributed by atoms with Gasteiger partial charge < -0.3 is 10.2 Å². The third-order valence-electron chi connectivity index (χ3n) is 5.44. The van der Waals surface area contributed by atoms with Gasteiger partial charge in [0.1, 0.15) is 0 Å². The number of aryl methyl sites for hydroxylation is 2. The highest BCUT2D eigenvalue weighted by Crippen LogP contribution is 2.39. The Morgan fingerprint density at radius 2 is 1.35 bits per heavy atom. The number of aromatic nitrogens is 1. The van der Waals surface area contributed by atoms with Crippen molar-refractivity contribution in [3.05, 3.63) is 88.1 Å². The number of guanidine groups is 1. The van der Waals surface area contributed by atoms with Crippen LogP contribution in [0.25, 0.3) is 16.5 Å². The Balaban J connectivity index is 1.62. The molecule has 0 aliphatic carbocycles. The number of rotatable bonds is 2. The molecule has 0 saturated carbocycles. The van der Waals surface area contributed by atoms with Crippen LogP contribution in [0, 0.1) is 13.8 Å². The largest absolute Gasteiger partial charge is 0.494 e. The Hall–Kier alpha value is -4.26. The number of nitrogens with zero attached hydrogens (tertiary/aromatic N) is 4. The molecule has 2 N–H and O–H groups in total. The smallest absolute Gasteiger partial charge is 0.282 e. The van der Waals surface area contributed by atoms with Gasteiger partial charge in [-0.25, -0.2) is 14.6 Å². The number of benzene rings is 3. The molecule has 3 aromatic carbocycles. The van der Waals surface area contributed by atoms with Crippen LogP contribution in [0.4, 0.5) is 0 Å². The van der Waals surface area contributed by atoms with Crippen LogP contribution in [0.5, 0.6) is 11.8 Å². The van der Waals surface area contributed by atoms with Gasteiger partial charge in [-0.3, -0.25) is 4.79 Å². The maximum Gasteiger partial charge on any atom is 0.282 e. The lowest BCUT2D eigenvalue weighted by atomic mass is 10.1. The van der Waals surface area contributed by atoms with Crippen molar-refractivity contribution in [3.63, 3.8) is 0 Å². The van der Waals surface area contributed by atoms with Crippen LogP contribution < -0.4 is 10.7 Å². The fraction of sp³-hybridized carbons (Fsp3) is 0.0833. The van der Waals surface area contributed by atoms with E-state index < -0.39 is 5.91 Å². The lowest BCUT2D eigenvalue weighted by molar-refractivity contribution is 0.100. The SMILES string of the molecule is Cc1cc2c(cc1C)=NC(=NC(=O)c1ccccc1-n1c(O)c3ccccc3c1O)N=2. The molecule has 0 radical (unpaired) electrons. The first kappa shape index (κ1) is 18.7. The number of aromatic hydroxyl groups is 2. The fourth-order valence-electron chi connectivity index (χ4n) is 3.70. The van der Waals surface area contributed by atoms with Gasteiger partial charge in [-0.05, 0) is 61.4 Å². The standard InChI is InChI=1S/C24H18N4O3/c1-13-11-18-19(12-14(13)2)26-24(25-18)27-21(29)17-9-5-6-10-20(17)28-22(30)15-7-3-4-8-16(15)23(28)31/h3-12,30-31H,1-2H3. The third kappa shape index (κ3) is 2.98. The van der Waals surface area contributed by atoms with Gasteiger partial charge in [-0.2, -0.15) is 4.99 Å². The summed E-state index contributed by atoms with van der Waals surface area (Å²) in [6, 6.07) is 17.4. The van der Waals surface area contributed by atoms with E-state index in [9.17, 15) is 15.0 Å². The minimum absolute atomic E-state index is 0.0749. The Morgan fingerprint density at radius 3 is 1.94 bits per heavy atom. The molecule has 152 valence electrons. The van der Waals surface area contributed by atoms with Crippen LogP contribution >= 0.6 is 0 Å². The summed E-state index contributed by atoms with van der Waals surface area (Å²) in [6.07, 6.45) is 0. The number of carbonyl (C=O) groups is 1. The van der Waals surface area contributed by atoms with Crippen LogP contribution in [-0.2, 0) is 0 Å². The molecule has 0 atom stereocenters. The zero-order valence-electron chi connectivity index (χ0n) is 16.9. The second-order valence-electron chi connectivity index (χ2n) is 7.41. The van der Waals surface area contributed by atoms with Gasteiger partial charge in [-0.1, -0.05) is 24.3 Å². The topological polar surface area (TPSA) is 99.5 Å². The molecule has 0 spiro atoms. The van der Waals surface area contributed by atoms with Crippen LogP contribution in [0.15, 0.2) is 75.6 Å². The Bertz CT molecular complexity index is 1470. The van der Waals surface area contributed by atoms with Gasteiger partial charge in [0.2, 0.25) is 11.8 Å². The molecule has 1 amide bonds. The predicted octanol–water partition coefficient (Wildman–Crippen LogP) is 3.11. The van der Waals surface area contributed by atoms with Gasteiger partial charge in [-0.15, -0.1) is 0 Å². The normalized spacial score (nSPS) is 12.4. The second-order valence-corrected chi connectivity index (χ2v) is 7.41. The van der Waals surface area contributed by atoms with Crippen molar-refractivity contribution in [2.24, 2.45) is 15.0 Å². The first-order valence-corrected chi connectivity index (χ1v) is 9.72. The minimum atomic E-state index is -0.573. The molecule has 5 rings (SSSR count). The van der Waals surface area contributed by atoms with Gasteiger partial charge >= 0.3 is 0 Å². The van der Waals surface area contributed by atoms with Crippen LogP contribution in [0.2, 0.25) is 0 Å². The van der Waals surface area contributed by atoms with Crippen molar-refractivity contribution >= 4 is 22.6 Å². The van der Waals surface area contributed by atoms with Gasteiger partial charge in [0.25, 0.3) is 11.9 Å². The number of fused-ring (bicyclic) bond motifs is 2. The summed E-state index contributed by atoms with van der Waals surface area (Å²) < 4.78 is 1.24. The van der Waals surface area contributed by atoms with E-state index in [1.165, 1.54) is 4.57 Å². The molecule has 2 heterocycles. The average molecular weight is 410 g/mol. The summed E-state index contributed by atoms with van der Waals surface area (Å²) >= 11 is 0. The molecule has 0 fully saturated rings. The van der Waals surface area contributed by atoms with Gasteiger partial charge in [0.05, 0.1) is 22.0 Å². The van der Waals surface area contributed by atoms with E-state index >= 15 is 0 Å². The van der Waals surface area contributed by atoms with Crippen molar-refractivity contribution in [2.75, 3.05) is 0 Å². The van der Waals surface area contributed by atoms with Crippen molar-refractivity contribution < 1.29 is 15.0 Å². The molecule has 4 aromatic rings. The molecular formula is C24H18N4O3. The summed E-state index contributed by atoms with van der Waals surface area (Å²) in [6.45, 7) is 3.98. The number of hydrogen-bond donors (Lipinski definition) is 2. The molecule has 7 nitrogen and oxygen atoms in total. The molecule has 0 saturated heterocycles. The van der Waals surface area contributed by atoms with Crippen molar-refractivity contribution in [1.82, 2.24) is 4.57 Å². The van der Waals surface area contributed by atoms with E-state index in [1.54, 1.807) is 48.5 Å². The quantitative estimate of drug-likeness (QED) is 0.531. The third-order valence-corrected chi connectivity index (χ3v) is 5.44. The highest BCUT2D eigenvalue weighted by atomic mass is 16.3. The fourth-order valence-corrected chi connectivity index (χ4v) is 3.70. The van der Waals surface area contributed by atoms with E-state index in [2.05, 4.69) is 15.0 Å². The zero-order valence-corrected chi connectivity index (χ0v) is 16.9. The Kier molecular flexibility index (Phi) is 4.18. The molecule has 1 aliphatic rings. The summed E-state index contributed by atoms with van der Waals surface area (Å²) in [4.78, 5) is 25.8.